The lowest BCUT2D eigenvalue weighted by atomic mass is 11.9. The van der Waals surface area contributed by atoms with Gasteiger partial charge in [-0.3, -0.25) is 0 Å². The summed E-state index contributed by atoms with van der Waals surface area (Å²) in [5.74, 6) is 0. The third-order valence-corrected chi connectivity index (χ3v) is 0. The van der Waals surface area contributed by atoms with Gasteiger partial charge in [0.25, 0.3) is 0 Å². The van der Waals surface area contributed by atoms with E-state index in [-0.39, 0.29) is 71.9 Å². The maximum Gasteiger partial charge on any atom is 0.180 e. The summed E-state index contributed by atoms with van der Waals surface area (Å²) in [7, 11) is 0. The van der Waals surface area contributed by atoms with Crippen molar-refractivity contribution in [2.75, 3.05) is 0 Å². The lowest BCUT2D eigenvalue weighted by molar-refractivity contribution is 1.96. The first-order valence-electron chi connectivity index (χ1n) is 0.655. The van der Waals surface area contributed by atoms with E-state index in [2.05, 4.69) is 0 Å². The Labute approximate surface area is 110 Å². The van der Waals surface area contributed by atoms with Crippen molar-refractivity contribution in [3.8, 4) is 0 Å². The maximum atomic E-state index is 4.81. The number of rotatable bonds is 0. The Morgan fingerprint density at radius 2 is 0.600 bits per heavy atom. The summed E-state index contributed by atoms with van der Waals surface area (Å²) < 4.78 is -0.750. The quantitative estimate of drug-likeness (QED) is 0.461. The van der Waals surface area contributed by atoms with Crippen molar-refractivity contribution in [3.05, 3.63) is 0 Å². The molecule has 0 aliphatic rings. The Bertz CT molecular complexity index is 14.0. The Hall–Kier alpha value is 2.75. The minimum absolute atomic E-state index is 0. The molecule has 0 aromatic rings. The highest BCUT2D eigenvalue weighted by molar-refractivity contribution is 6.92. The van der Waals surface area contributed by atoms with Crippen LogP contribution in [0, 0.1) is 0 Å². The van der Waals surface area contributed by atoms with Crippen LogP contribution in [0.4, 0.5) is 0 Å². The molecular formula is CH9Cl8P. The number of hydrogen-bond acceptors (Lipinski definition) is 0. The van der Waals surface area contributed by atoms with Crippen LogP contribution in [0.2, 0.25) is 0 Å². The fourth-order valence-corrected chi connectivity index (χ4v) is 0. The van der Waals surface area contributed by atoms with Crippen LogP contribution in [0.15, 0.2) is 0 Å². The third-order valence-electron chi connectivity index (χ3n) is 0. The first-order valence-corrected chi connectivity index (χ1v) is 1.96. The Kier molecular flexibility index (Phi) is 219. The second-order valence-electron chi connectivity index (χ2n) is 0.247. The van der Waals surface area contributed by atoms with Gasteiger partial charge in [-0.05, 0) is 0 Å². The van der Waals surface area contributed by atoms with Gasteiger partial charge in [-0.15, -0.1) is 62.0 Å². The molecule has 0 aliphatic heterocycles. The predicted octanol–water partition coefficient (Wildman–Crippen LogP) is 4.15. The van der Waals surface area contributed by atoms with Gasteiger partial charge in [0, 0.05) is 0 Å². The fourth-order valence-electron chi connectivity index (χ4n) is 0. The van der Waals surface area contributed by atoms with Crippen molar-refractivity contribution in [1.29, 1.82) is 0 Å². The third kappa shape index (κ3) is 135. The molecule has 1 atom stereocenters. The molecule has 0 aliphatic carbocycles. The molecule has 74 valence electrons. The largest absolute Gasteiger partial charge is 0.180 e. The topological polar surface area (TPSA) is 0 Å². The van der Waals surface area contributed by atoms with Crippen LogP contribution in [0.3, 0.4) is 0 Å². The van der Waals surface area contributed by atoms with E-state index in [4.69, 9.17) is 34.8 Å². The molecule has 0 heterocycles. The minimum Gasteiger partial charge on any atom is -0.153 e. The summed E-state index contributed by atoms with van der Waals surface area (Å²) in [4.78, 5) is 0. The van der Waals surface area contributed by atoms with Gasteiger partial charge in [0.2, 0.25) is 0 Å². The summed E-state index contributed by atoms with van der Waals surface area (Å²) in [5.41, 5.74) is 0. The zero-order valence-corrected chi connectivity index (χ0v) is 12.2. The molecular weight excluding hydrogens is 327 g/mol. The molecule has 9 heteroatoms. The summed E-state index contributed by atoms with van der Waals surface area (Å²) in [6, 6.07) is 0. The van der Waals surface area contributed by atoms with Crippen LogP contribution in [0.25, 0.3) is 0 Å². The molecule has 0 aromatic heterocycles. The molecule has 0 spiro atoms. The normalized spacial score (nSPS) is 3.60. The molecule has 0 aromatic carbocycles. The Balaban J connectivity index is -0.00000000300. The molecule has 0 saturated carbocycles. The second-order valence-corrected chi connectivity index (χ2v) is 2.23. The van der Waals surface area contributed by atoms with Crippen molar-refractivity contribution in [2.45, 2.75) is 4.30 Å². The lowest BCUT2D eigenvalue weighted by Gasteiger charge is -1.69. The van der Waals surface area contributed by atoms with Crippen LogP contribution in [-0.4, -0.2) is 4.30 Å². The average Bonchev–Trinajstić information content (AvgIpc) is 0.811. The molecule has 0 rings (SSSR count). The zero-order valence-electron chi connectivity index (χ0n) is 4.46. The highest BCUT2D eigenvalue weighted by atomic mass is 35.6. The van der Waals surface area contributed by atoms with E-state index in [9.17, 15) is 0 Å². The van der Waals surface area contributed by atoms with E-state index in [1.165, 1.54) is 0 Å². The highest BCUT2D eigenvalue weighted by Crippen LogP contribution is 2.03. The van der Waals surface area contributed by atoms with Gasteiger partial charge in [-0.2, -0.15) is 9.90 Å². The fraction of sp³-hybridized carbons (Fsp3) is 1.00. The van der Waals surface area contributed by atoms with Crippen molar-refractivity contribution >= 4 is 107 Å². The molecule has 0 saturated heterocycles. The van der Waals surface area contributed by atoms with E-state index in [1.54, 1.807) is 0 Å². The minimum atomic E-state index is -0.750. The zero-order chi connectivity index (χ0) is 3.58. The van der Waals surface area contributed by atoms with E-state index in [0.29, 0.717) is 0 Å². The van der Waals surface area contributed by atoms with Crippen LogP contribution < -0.4 is 0 Å². The van der Waals surface area contributed by atoms with Crippen molar-refractivity contribution in [1.82, 2.24) is 0 Å². The van der Waals surface area contributed by atoms with E-state index < -0.39 is 4.30 Å². The van der Waals surface area contributed by atoms with Gasteiger partial charge in [0.1, 0.15) is 0 Å². The standard InChI is InChI=1S/CHCl3.5ClH.H3P/c2-1(3)4;;;;;;/h1H;5*1H;1H3. The van der Waals surface area contributed by atoms with Crippen molar-refractivity contribution in [3.63, 3.8) is 0 Å². The lowest BCUT2D eigenvalue weighted by Crippen LogP contribution is -1.55. The average molecular weight is 336 g/mol. The van der Waals surface area contributed by atoms with Gasteiger partial charge < -0.3 is 0 Å². The first kappa shape index (κ1) is 53.2. The van der Waals surface area contributed by atoms with Crippen LogP contribution in [0.1, 0.15) is 0 Å². The number of alkyl halides is 3. The SMILES string of the molecule is Cl.Cl.Cl.Cl.Cl.ClC(Cl)Cl.P. The Morgan fingerprint density at radius 3 is 0.600 bits per heavy atom. The van der Waals surface area contributed by atoms with Crippen LogP contribution in [0.5, 0.6) is 0 Å². The summed E-state index contributed by atoms with van der Waals surface area (Å²) in [6.07, 6.45) is 0. The van der Waals surface area contributed by atoms with Crippen molar-refractivity contribution in [2.24, 2.45) is 0 Å². The first-order chi connectivity index (χ1) is 1.73. The van der Waals surface area contributed by atoms with Crippen LogP contribution >= 0.6 is 107 Å². The Morgan fingerprint density at radius 1 is 0.600 bits per heavy atom. The molecule has 0 amide bonds. The smallest absolute Gasteiger partial charge is 0.153 e. The summed E-state index contributed by atoms with van der Waals surface area (Å²) in [5, 5.41) is 0. The molecule has 0 bridgehead atoms. The van der Waals surface area contributed by atoms with Gasteiger partial charge in [-0.1, -0.05) is 34.8 Å². The predicted molar refractivity (Wildman–Crippen MR) is 68.7 cm³/mol. The molecule has 1 unspecified atom stereocenters. The summed E-state index contributed by atoms with van der Waals surface area (Å²) in [6.45, 7) is 0. The second kappa shape index (κ2) is 41.1. The highest BCUT2D eigenvalue weighted by Gasteiger charge is 1.78. The number of halogens is 8. The molecule has 0 radical (unpaired) electrons. The molecule has 0 nitrogen and oxygen atoms in total. The van der Waals surface area contributed by atoms with E-state index in [0.717, 1.165) is 0 Å². The van der Waals surface area contributed by atoms with Crippen molar-refractivity contribution < 1.29 is 0 Å². The van der Waals surface area contributed by atoms with Gasteiger partial charge >= 0.3 is 0 Å². The molecule has 0 N–H and O–H groups in total. The van der Waals surface area contributed by atoms with Gasteiger partial charge in [0.15, 0.2) is 4.30 Å². The summed E-state index contributed by atoms with van der Waals surface area (Å²) >= 11 is 14.4. The van der Waals surface area contributed by atoms with Crippen LogP contribution in [-0.2, 0) is 0 Å². The monoisotopic (exact) mass is 332 g/mol. The van der Waals surface area contributed by atoms with Gasteiger partial charge in [0.05, 0.1) is 0 Å². The number of hydrogen-bond donors (Lipinski definition) is 0. The molecule has 0 fully saturated rings. The van der Waals surface area contributed by atoms with E-state index >= 15 is 0 Å². The van der Waals surface area contributed by atoms with Gasteiger partial charge in [-0.25, -0.2) is 0 Å². The van der Waals surface area contributed by atoms with E-state index in [1.807, 2.05) is 0 Å². The molecule has 10 heavy (non-hydrogen) atoms. The maximum absolute atomic E-state index is 4.81.